The van der Waals surface area contributed by atoms with Crippen LogP contribution in [0.2, 0.25) is 98.2 Å². The molecule has 14 nitrogen and oxygen atoms in total. The summed E-state index contributed by atoms with van der Waals surface area (Å²) in [6.45, 7) is 34.5. The van der Waals surface area contributed by atoms with Gasteiger partial charge in [0.2, 0.25) is 6.29 Å². The first kappa shape index (κ1) is 47.3. The molecule has 0 aliphatic carbocycles. The van der Waals surface area contributed by atoms with Gasteiger partial charge in [-0.1, -0.05) is 0 Å². The van der Waals surface area contributed by atoms with E-state index < -0.39 is 121 Å². The highest BCUT2D eigenvalue weighted by atomic mass is 28.4. The van der Waals surface area contributed by atoms with Crippen LogP contribution < -0.4 is 0 Å². The van der Waals surface area contributed by atoms with Crippen molar-refractivity contribution in [1.82, 2.24) is 0 Å². The monoisotopic (exact) mass is 828 g/mol. The van der Waals surface area contributed by atoms with E-state index in [9.17, 15) is 14.4 Å². The molecule has 0 aromatic rings. The molecule has 2 heterocycles. The molecular weight excluding hydrogens is 761 g/mol. The molecule has 0 saturated carbocycles. The molecule has 19 heteroatoms. The standard InChI is InChI=1S/C33H68O14Si5/c1-21(34)37-19-24-26(28(44-49(7,8)9)30(46-51(13,14)15)32(40-24)39-23(3)36)42-33-31(47-52(16,17)18)29(45-50(10,11)12)27(43-48(4,5)6)25(41-33)20-38-22(2)35/h24-33H,19-20H2,1-18H3/t24-,25-,26-,27+,28+,29+,30-,31-,32+,33+/m1/s1. The largest absolute Gasteiger partial charge is 0.463 e. The van der Waals surface area contributed by atoms with Gasteiger partial charge in [-0.3, -0.25) is 14.4 Å². The zero-order valence-corrected chi connectivity index (χ0v) is 39.9. The van der Waals surface area contributed by atoms with Gasteiger partial charge in [0.25, 0.3) is 0 Å². The molecule has 2 fully saturated rings. The number of carbonyl (C=O) groups is 3. The summed E-state index contributed by atoms with van der Waals surface area (Å²) in [6, 6.07) is 0. The molecule has 2 rings (SSSR count). The van der Waals surface area contributed by atoms with E-state index in [-0.39, 0.29) is 13.2 Å². The van der Waals surface area contributed by atoms with Crippen LogP contribution in [0.5, 0.6) is 0 Å². The highest BCUT2D eigenvalue weighted by molar-refractivity contribution is 6.71. The maximum atomic E-state index is 12.4. The quantitative estimate of drug-likeness (QED) is 0.101. The Morgan fingerprint density at radius 2 is 0.731 bits per heavy atom. The van der Waals surface area contributed by atoms with Gasteiger partial charge in [0.15, 0.2) is 47.9 Å². The third-order valence-corrected chi connectivity index (χ3v) is 12.0. The Labute approximate surface area is 317 Å². The third kappa shape index (κ3) is 16.9. The highest BCUT2D eigenvalue weighted by Gasteiger charge is 2.57. The average molecular weight is 829 g/mol. The molecule has 0 spiro atoms. The Hall–Kier alpha value is -0.826. The maximum absolute atomic E-state index is 12.4. The van der Waals surface area contributed by atoms with E-state index in [0.29, 0.717) is 0 Å². The molecule has 52 heavy (non-hydrogen) atoms. The van der Waals surface area contributed by atoms with Crippen LogP contribution >= 0.6 is 0 Å². The summed E-state index contributed by atoms with van der Waals surface area (Å²) >= 11 is 0. The zero-order valence-electron chi connectivity index (χ0n) is 34.9. The minimum absolute atomic E-state index is 0.113. The second-order valence-corrected chi connectivity index (χ2v) is 40.7. The highest BCUT2D eigenvalue weighted by Crippen LogP contribution is 2.39. The second kappa shape index (κ2) is 18.4. The lowest BCUT2D eigenvalue weighted by Gasteiger charge is -2.53. The van der Waals surface area contributed by atoms with Crippen LogP contribution in [0.15, 0.2) is 0 Å². The zero-order chi connectivity index (χ0) is 40.2. The van der Waals surface area contributed by atoms with E-state index in [1.54, 1.807) is 0 Å². The Kier molecular flexibility index (Phi) is 16.8. The normalized spacial score (nSPS) is 30.8. The van der Waals surface area contributed by atoms with Crippen molar-refractivity contribution in [2.75, 3.05) is 13.2 Å². The molecule has 0 aromatic heterocycles. The molecule has 0 N–H and O–H groups in total. The topological polar surface area (TPSA) is 153 Å². The van der Waals surface area contributed by atoms with Gasteiger partial charge in [-0.2, -0.15) is 0 Å². The smallest absolute Gasteiger partial charge is 0.305 e. The molecule has 2 saturated heterocycles. The molecule has 0 amide bonds. The van der Waals surface area contributed by atoms with E-state index >= 15 is 0 Å². The average Bonchev–Trinajstić information content (AvgIpc) is 2.89. The van der Waals surface area contributed by atoms with Crippen LogP contribution in [0.25, 0.3) is 0 Å². The number of carbonyl (C=O) groups excluding carboxylic acids is 3. The first-order valence-electron chi connectivity index (χ1n) is 18.1. The minimum Gasteiger partial charge on any atom is -0.463 e. The van der Waals surface area contributed by atoms with Crippen LogP contribution in [0.3, 0.4) is 0 Å². The van der Waals surface area contributed by atoms with Crippen molar-refractivity contribution in [3.05, 3.63) is 0 Å². The first-order valence-corrected chi connectivity index (χ1v) is 35.2. The number of hydrogen-bond donors (Lipinski definition) is 0. The predicted octanol–water partition coefficient (Wildman–Crippen LogP) is 5.61. The van der Waals surface area contributed by atoms with E-state index in [4.69, 9.17) is 50.6 Å². The fraction of sp³-hybridized carbons (Fsp3) is 0.909. The number of rotatable bonds is 17. The Balaban J connectivity index is 2.87. The third-order valence-electron chi connectivity index (χ3n) is 7.11. The Morgan fingerprint density at radius 3 is 1.10 bits per heavy atom. The van der Waals surface area contributed by atoms with Gasteiger partial charge < -0.3 is 50.6 Å². The second-order valence-electron chi connectivity index (χ2n) is 18.4. The van der Waals surface area contributed by atoms with Gasteiger partial charge in [-0.15, -0.1) is 0 Å². The lowest BCUT2D eigenvalue weighted by atomic mass is 9.97. The molecule has 0 radical (unpaired) electrons. The summed E-state index contributed by atoms with van der Waals surface area (Å²) in [5, 5.41) is 0. The fourth-order valence-electron chi connectivity index (χ4n) is 5.81. The molecule has 10 atom stereocenters. The predicted molar refractivity (Wildman–Crippen MR) is 208 cm³/mol. The van der Waals surface area contributed by atoms with Crippen molar-refractivity contribution < 1.29 is 64.9 Å². The van der Waals surface area contributed by atoms with E-state index in [1.165, 1.54) is 20.8 Å². The van der Waals surface area contributed by atoms with Gasteiger partial charge in [-0.05, 0) is 98.2 Å². The van der Waals surface area contributed by atoms with Crippen LogP contribution in [0.4, 0.5) is 0 Å². The molecule has 304 valence electrons. The van der Waals surface area contributed by atoms with Crippen molar-refractivity contribution >= 4 is 59.5 Å². The van der Waals surface area contributed by atoms with Crippen molar-refractivity contribution in [2.45, 2.75) is 180 Å². The molecule has 2 aliphatic heterocycles. The SMILES string of the molecule is CC(=O)OC[C@H]1O[C@@H](O[C@H]2[C@H](O[Si](C)(C)C)[C@@H](O[Si](C)(C)C)[C@@H](OC(C)=O)O[C@@H]2COC(C)=O)[C@H](O[Si](C)(C)C)[C@@H](O[Si](C)(C)C)[C@H]1O[Si](C)(C)C. The molecule has 2 aliphatic rings. The maximum Gasteiger partial charge on any atom is 0.305 e. The Morgan fingerprint density at radius 1 is 0.423 bits per heavy atom. The summed E-state index contributed by atoms with van der Waals surface area (Å²) in [5.74, 6) is -1.57. The van der Waals surface area contributed by atoms with Gasteiger partial charge in [-0.25, -0.2) is 0 Å². The fourth-order valence-corrected chi connectivity index (χ4v) is 11.2. The molecular formula is C33H68O14Si5. The lowest BCUT2D eigenvalue weighted by molar-refractivity contribution is -0.348. The Bertz CT molecular complexity index is 1190. The van der Waals surface area contributed by atoms with Crippen molar-refractivity contribution in [2.24, 2.45) is 0 Å². The van der Waals surface area contributed by atoms with E-state index in [2.05, 4.69) is 58.9 Å². The number of esters is 3. The van der Waals surface area contributed by atoms with Crippen molar-refractivity contribution in [3.63, 3.8) is 0 Å². The van der Waals surface area contributed by atoms with Gasteiger partial charge >= 0.3 is 17.9 Å². The van der Waals surface area contributed by atoms with E-state index in [0.717, 1.165) is 0 Å². The van der Waals surface area contributed by atoms with Crippen LogP contribution in [-0.2, 0) is 64.9 Å². The number of hydrogen-bond acceptors (Lipinski definition) is 14. The first-order chi connectivity index (χ1) is 23.3. The summed E-state index contributed by atoms with van der Waals surface area (Å²) < 4.78 is 71.3. The molecule has 0 aromatic carbocycles. The summed E-state index contributed by atoms with van der Waals surface area (Å²) in [5.41, 5.74) is 0. The van der Waals surface area contributed by atoms with Crippen LogP contribution in [0, 0.1) is 0 Å². The van der Waals surface area contributed by atoms with Gasteiger partial charge in [0.05, 0.1) is 0 Å². The van der Waals surface area contributed by atoms with Crippen molar-refractivity contribution in [3.8, 4) is 0 Å². The van der Waals surface area contributed by atoms with Crippen molar-refractivity contribution in [1.29, 1.82) is 0 Å². The van der Waals surface area contributed by atoms with Gasteiger partial charge in [0, 0.05) is 20.8 Å². The van der Waals surface area contributed by atoms with Crippen LogP contribution in [-0.4, -0.2) is 134 Å². The minimum atomic E-state index is -2.40. The lowest BCUT2D eigenvalue weighted by Crippen LogP contribution is -2.69. The summed E-state index contributed by atoms with van der Waals surface area (Å²) in [4.78, 5) is 36.7. The summed E-state index contributed by atoms with van der Waals surface area (Å²) in [7, 11) is -11.6. The van der Waals surface area contributed by atoms with Gasteiger partial charge in [0.1, 0.15) is 62.0 Å². The number of ether oxygens (including phenoxy) is 6. The summed E-state index contributed by atoms with van der Waals surface area (Å²) in [6.07, 6.45) is -8.90. The van der Waals surface area contributed by atoms with E-state index in [1.807, 2.05) is 39.3 Å². The molecule has 0 bridgehead atoms. The van der Waals surface area contributed by atoms with Crippen LogP contribution in [0.1, 0.15) is 20.8 Å². The molecule has 0 unspecified atom stereocenters.